The molecule has 1 fully saturated rings. The van der Waals surface area contributed by atoms with Crippen LogP contribution < -0.4 is 5.76 Å². The summed E-state index contributed by atoms with van der Waals surface area (Å²) in [5, 5.41) is 0. The Balaban J connectivity index is 1.95. The molecule has 1 aliphatic heterocycles. The molecular formula is C13H14INO3. The van der Waals surface area contributed by atoms with E-state index in [2.05, 4.69) is 22.6 Å². The number of fused-ring (bicyclic) bond motifs is 1. The van der Waals surface area contributed by atoms with E-state index in [1.807, 2.05) is 18.2 Å². The fourth-order valence-electron chi connectivity index (χ4n) is 2.37. The zero-order chi connectivity index (χ0) is 12.5. The first kappa shape index (κ1) is 12.2. The van der Waals surface area contributed by atoms with Crippen LogP contribution in [-0.2, 0) is 11.3 Å². The minimum atomic E-state index is -0.291. The van der Waals surface area contributed by atoms with Crippen molar-refractivity contribution in [2.75, 3.05) is 6.61 Å². The van der Waals surface area contributed by atoms with Gasteiger partial charge in [0.2, 0.25) is 0 Å². The zero-order valence-electron chi connectivity index (χ0n) is 9.89. The summed E-state index contributed by atoms with van der Waals surface area (Å²) >= 11 is 2.21. The molecule has 4 nitrogen and oxygen atoms in total. The van der Waals surface area contributed by atoms with Crippen LogP contribution in [0.25, 0.3) is 11.1 Å². The van der Waals surface area contributed by atoms with Gasteiger partial charge in [0.1, 0.15) is 0 Å². The maximum atomic E-state index is 11.9. The number of halogens is 1. The lowest BCUT2D eigenvalue weighted by atomic mass is 10.1. The lowest BCUT2D eigenvalue weighted by molar-refractivity contribution is 0.00559. The molecule has 3 rings (SSSR count). The highest BCUT2D eigenvalue weighted by Crippen LogP contribution is 2.19. The van der Waals surface area contributed by atoms with Gasteiger partial charge in [-0.2, -0.15) is 0 Å². The van der Waals surface area contributed by atoms with Crippen LogP contribution in [0, 0.1) is 3.57 Å². The number of hydrogen-bond acceptors (Lipinski definition) is 3. The Morgan fingerprint density at radius 2 is 2.28 bits per heavy atom. The monoisotopic (exact) mass is 359 g/mol. The first-order valence-electron chi connectivity index (χ1n) is 6.14. The minimum absolute atomic E-state index is 0.136. The molecule has 0 radical (unpaired) electrons. The first-order valence-corrected chi connectivity index (χ1v) is 7.22. The van der Waals surface area contributed by atoms with Crippen LogP contribution in [0.2, 0.25) is 0 Å². The average molecular weight is 359 g/mol. The molecule has 96 valence electrons. The van der Waals surface area contributed by atoms with E-state index in [1.54, 1.807) is 4.57 Å². The standard InChI is InChI=1S/C13H14INO3/c14-9-4-5-11-12(7-9)18-13(16)15(11)8-10-3-1-2-6-17-10/h4-5,7,10H,1-3,6,8H2. The van der Waals surface area contributed by atoms with Crippen LogP contribution in [0.5, 0.6) is 0 Å². The molecule has 18 heavy (non-hydrogen) atoms. The predicted molar refractivity (Wildman–Crippen MR) is 76.8 cm³/mol. The second kappa shape index (κ2) is 5.05. The highest BCUT2D eigenvalue weighted by atomic mass is 127. The summed E-state index contributed by atoms with van der Waals surface area (Å²) < 4.78 is 13.7. The molecule has 0 saturated carbocycles. The van der Waals surface area contributed by atoms with Crippen LogP contribution in [0.3, 0.4) is 0 Å². The minimum Gasteiger partial charge on any atom is -0.408 e. The van der Waals surface area contributed by atoms with E-state index < -0.39 is 0 Å². The molecule has 0 spiro atoms. The smallest absolute Gasteiger partial charge is 0.408 e. The van der Waals surface area contributed by atoms with Crippen molar-refractivity contribution < 1.29 is 9.15 Å². The summed E-state index contributed by atoms with van der Waals surface area (Å²) in [4.78, 5) is 11.9. The summed E-state index contributed by atoms with van der Waals surface area (Å²) in [5.41, 5.74) is 1.51. The number of ether oxygens (including phenoxy) is 1. The number of aromatic nitrogens is 1. The summed E-state index contributed by atoms with van der Waals surface area (Å²) in [7, 11) is 0. The van der Waals surface area contributed by atoms with Gasteiger partial charge >= 0.3 is 5.76 Å². The largest absolute Gasteiger partial charge is 0.420 e. The van der Waals surface area contributed by atoms with Crippen molar-refractivity contribution in [2.45, 2.75) is 31.9 Å². The molecule has 0 amide bonds. The zero-order valence-corrected chi connectivity index (χ0v) is 12.1. The molecular weight excluding hydrogens is 345 g/mol. The third kappa shape index (κ3) is 2.33. The second-order valence-corrected chi connectivity index (χ2v) is 5.82. The van der Waals surface area contributed by atoms with E-state index in [1.165, 1.54) is 6.42 Å². The average Bonchev–Trinajstić information content (AvgIpc) is 2.66. The number of hydrogen-bond donors (Lipinski definition) is 0. The molecule has 1 unspecified atom stereocenters. The molecule has 2 aromatic rings. The van der Waals surface area contributed by atoms with Crippen LogP contribution >= 0.6 is 22.6 Å². The quantitative estimate of drug-likeness (QED) is 0.775. The van der Waals surface area contributed by atoms with E-state index in [-0.39, 0.29) is 11.9 Å². The van der Waals surface area contributed by atoms with Gasteiger partial charge in [0, 0.05) is 10.2 Å². The van der Waals surface area contributed by atoms with Gasteiger partial charge in [-0.05, 0) is 60.1 Å². The molecule has 0 bridgehead atoms. The predicted octanol–water partition coefficient (Wildman–Crippen LogP) is 2.77. The molecule has 1 aromatic heterocycles. The first-order chi connectivity index (χ1) is 8.74. The summed E-state index contributed by atoms with van der Waals surface area (Å²) in [6, 6.07) is 5.80. The number of oxazole rings is 1. The van der Waals surface area contributed by atoms with Crippen molar-refractivity contribution in [3.05, 3.63) is 32.3 Å². The third-order valence-corrected chi connectivity index (χ3v) is 3.96. The van der Waals surface area contributed by atoms with Crippen molar-refractivity contribution in [1.82, 2.24) is 4.57 Å². The van der Waals surface area contributed by atoms with Crippen LogP contribution in [0.1, 0.15) is 19.3 Å². The van der Waals surface area contributed by atoms with Crippen molar-refractivity contribution in [1.29, 1.82) is 0 Å². The molecule has 1 saturated heterocycles. The van der Waals surface area contributed by atoms with Crippen molar-refractivity contribution >= 4 is 33.7 Å². The number of nitrogens with zero attached hydrogens (tertiary/aromatic N) is 1. The van der Waals surface area contributed by atoms with Crippen molar-refractivity contribution in [2.24, 2.45) is 0 Å². The van der Waals surface area contributed by atoms with Gasteiger partial charge in [-0.1, -0.05) is 0 Å². The molecule has 1 aromatic carbocycles. The van der Waals surface area contributed by atoms with E-state index in [4.69, 9.17) is 9.15 Å². The molecule has 1 aliphatic rings. The fourth-order valence-corrected chi connectivity index (χ4v) is 2.83. The van der Waals surface area contributed by atoms with Gasteiger partial charge in [0.25, 0.3) is 0 Å². The van der Waals surface area contributed by atoms with Crippen molar-refractivity contribution in [3.8, 4) is 0 Å². The molecule has 2 heterocycles. The van der Waals surface area contributed by atoms with Gasteiger partial charge in [-0.25, -0.2) is 4.79 Å². The highest BCUT2D eigenvalue weighted by Gasteiger charge is 2.18. The molecule has 1 atom stereocenters. The fraction of sp³-hybridized carbons (Fsp3) is 0.462. The van der Waals surface area contributed by atoms with E-state index >= 15 is 0 Å². The van der Waals surface area contributed by atoms with Crippen LogP contribution in [-0.4, -0.2) is 17.3 Å². The lowest BCUT2D eigenvalue weighted by Crippen LogP contribution is -2.28. The van der Waals surface area contributed by atoms with Gasteiger partial charge < -0.3 is 9.15 Å². The third-order valence-electron chi connectivity index (χ3n) is 3.29. The normalized spacial score (nSPS) is 20.4. The highest BCUT2D eigenvalue weighted by molar-refractivity contribution is 14.1. The van der Waals surface area contributed by atoms with Crippen LogP contribution in [0.15, 0.2) is 27.4 Å². The molecule has 5 heteroatoms. The van der Waals surface area contributed by atoms with Gasteiger partial charge in [-0.3, -0.25) is 4.57 Å². The Kier molecular flexibility index (Phi) is 3.43. The van der Waals surface area contributed by atoms with Crippen LogP contribution in [0.4, 0.5) is 0 Å². The number of rotatable bonds is 2. The van der Waals surface area contributed by atoms with Gasteiger partial charge in [0.15, 0.2) is 5.58 Å². The Morgan fingerprint density at radius 1 is 1.39 bits per heavy atom. The molecule has 0 N–H and O–H groups in total. The summed E-state index contributed by atoms with van der Waals surface area (Å²) in [5.74, 6) is -0.291. The Morgan fingerprint density at radius 3 is 3.06 bits per heavy atom. The lowest BCUT2D eigenvalue weighted by Gasteiger charge is -2.22. The van der Waals surface area contributed by atoms with Gasteiger partial charge in [0.05, 0.1) is 18.2 Å². The SMILES string of the molecule is O=c1oc2cc(I)ccc2n1CC1CCCCO1. The summed E-state index contributed by atoms with van der Waals surface area (Å²) in [6.45, 7) is 1.39. The van der Waals surface area contributed by atoms with E-state index in [9.17, 15) is 4.79 Å². The maximum absolute atomic E-state index is 11.9. The van der Waals surface area contributed by atoms with E-state index in [0.717, 1.165) is 28.5 Å². The maximum Gasteiger partial charge on any atom is 0.420 e. The Bertz CT molecular complexity index is 610. The van der Waals surface area contributed by atoms with Crippen molar-refractivity contribution in [3.63, 3.8) is 0 Å². The topological polar surface area (TPSA) is 44.4 Å². The Hall–Kier alpha value is -0.820. The summed E-state index contributed by atoms with van der Waals surface area (Å²) in [6.07, 6.45) is 3.45. The van der Waals surface area contributed by atoms with Gasteiger partial charge in [-0.15, -0.1) is 0 Å². The van der Waals surface area contributed by atoms with E-state index in [0.29, 0.717) is 12.1 Å². The second-order valence-electron chi connectivity index (χ2n) is 4.58. The number of benzene rings is 1. The Labute approximate surface area is 118 Å². The molecule has 0 aliphatic carbocycles.